The summed E-state index contributed by atoms with van der Waals surface area (Å²) in [6.45, 7) is 0. The van der Waals surface area contributed by atoms with Gasteiger partial charge in [0.15, 0.2) is 0 Å². The second-order valence-electron chi connectivity index (χ2n) is 3.57. The largest absolute Gasteiger partial charge is 0.481 e. The van der Waals surface area contributed by atoms with Crippen LogP contribution in [0.4, 0.5) is 5.82 Å². The van der Waals surface area contributed by atoms with Gasteiger partial charge < -0.3 is 15.0 Å². The first-order valence-electron chi connectivity index (χ1n) is 5.27. The van der Waals surface area contributed by atoms with Gasteiger partial charge in [-0.05, 0) is 0 Å². The van der Waals surface area contributed by atoms with E-state index >= 15 is 0 Å². The van der Waals surface area contributed by atoms with Crippen LogP contribution in [0.1, 0.15) is 0 Å². The number of hydrogen-bond donors (Lipinski definition) is 2. The first kappa shape index (κ1) is 11.1. The van der Waals surface area contributed by atoms with Crippen molar-refractivity contribution in [1.29, 1.82) is 0 Å². The molecule has 0 aliphatic carbocycles. The lowest BCUT2D eigenvalue weighted by Crippen LogP contribution is -1.92. The van der Waals surface area contributed by atoms with E-state index in [1.165, 1.54) is 19.6 Å². The summed E-state index contributed by atoms with van der Waals surface area (Å²) < 4.78 is 10.1. The van der Waals surface area contributed by atoms with Gasteiger partial charge in [0.1, 0.15) is 23.4 Å². The SMILES string of the molecule is COc1cc(-c2noc(-c3cn[nH]c3N)n2)ncn1. The van der Waals surface area contributed by atoms with Crippen LogP contribution in [-0.4, -0.2) is 37.4 Å². The van der Waals surface area contributed by atoms with Crippen LogP contribution >= 0.6 is 0 Å². The second-order valence-corrected chi connectivity index (χ2v) is 3.57. The fourth-order valence-electron chi connectivity index (χ4n) is 1.48. The number of anilines is 1. The average Bonchev–Trinajstić information content (AvgIpc) is 3.07. The molecule has 0 atom stereocenters. The Morgan fingerprint density at radius 2 is 2.26 bits per heavy atom. The molecule has 3 heterocycles. The first-order chi connectivity index (χ1) is 9.28. The summed E-state index contributed by atoms with van der Waals surface area (Å²) in [5.41, 5.74) is 6.71. The molecule has 9 heteroatoms. The van der Waals surface area contributed by atoms with Crippen LogP contribution in [0.15, 0.2) is 23.1 Å². The molecule has 0 radical (unpaired) electrons. The number of methoxy groups -OCH3 is 1. The minimum Gasteiger partial charge on any atom is -0.481 e. The number of aromatic amines is 1. The highest BCUT2D eigenvalue weighted by Crippen LogP contribution is 2.24. The van der Waals surface area contributed by atoms with Crippen LogP contribution < -0.4 is 10.5 Å². The molecule has 3 N–H and O–H groups in total. The van der Waals surface area contributed by atoms with Crippen LogP contribution in [0, 0.1) is 0 Å². The summed E-state index contributed by atoms with van der Waals surface area (Å²) in [7, 11) is 1.51. The molecule has 3 aromatic rings. The Hall–Kier alpha value is -2.97. The van der Waals surface area contributed by atoms with Crippen molar-refractivity contribution in [2.75, 3.05) is 12.8 Å². The Labute approximate surface area is 106 Å². The molecule has 9 nitrogen and oxygen atoms in total. The first-order valence-corrected chi connectivity index (χ1v) is 5.27. The predicted octanol–water partition coefficient (Wildman–Crippen LogP) is 0.507. The number of H-pyrrole nitrogens is 1. The molecule has 0 aliphatic heterocycles. The highest BCUT2D eigenvalue weighted by molar-refractivity contribution is 5.67. The van der Waals surface area contributed by atoms with Crippen LogP contribution in [0.3, 0.4) is 0 Å². The van der Waals surface area contributed by atoms with Crippen LogP contribution in [-0.2, 0) is 0 Å². The van der Waals surface area contributed by atoms with E-state index in [2.05, 4.69) is 30.3 Å². The summed E-state index contributed by atoms with van der Waals surface area (Å²) in [6, 6.07) is 1.60. The monoisotopic (exact) mass is 259 g/mol. The molecule has 3 rings (SSSR count). The molecule has 0 aromatic carbocycles. The van der Waals surface area contributed by atoms with Crippen LogP contribution in [0.5, 0.6) is 5.88 Å². The normalized spacial score (nSPS) is 10.6. The molecule has 0 bridgehead atoms. The van der Waals surface area contributed by atoms with Gasteiger partial charge in [0.25, 0.3) is 5.89 Å². The molecule has 0 aliphatic rings. The number of hydrogen-bond acceptors (Lipinski definition) is 8. The van der Waals surface area contributed by atoms with E-state index in [1.807, 2.05) is 0 Å². The third-order valence-corrected chi connectivity index (χ3v) is 2.41. The molecule has 96 valence electrons. The lowest BCUT2D eigenvalue weighted by molar-refractivity contribution is 0.397. The Morgan fingerprint density at radius 3 is 3.00 bits per heavy atom. The number of ether oxygens (including phenoxy) is 1. The van der Waals surface area contributed by atoms with Gasteiger partial charge >= 0.3 is 0 Å². The van der Waals surface area contributed by atoms with Gasteiger partial charge in [-0.25, -0.2) is 9.97 Å². The maximum atomic E-state index is 5.67. The van der Waals surface area contributed by atoms with E-state index in [4.69, 9.17) is 15.0 Å². The zero-order valence-electron chi connectivity index (χ0n) is 9.86. The van der Waals surface area contributed by atoms with Crippen molar-refractivity contribution in [2.24, 2.45) is 0 Å². The third kappa shape index (κ3) is 1.97. The Kier molecular flexibility index (Phi) is 2.56. The summed E-state index contributed by atoms with van der Waals surface area (Å²) in [5.74, 6) is 1.35. The second kappa shape index (κ2) is 4.37. The summed E-state index contributed by atoms with van der Waals surface area (Å²) in [4.78, 5) is 12.1. The van der Waals surface area contributed by atoms with Crippen LogP contribution in [0.25, 0.3) is 23.0 Å². The third-order valence-electron chi connectivity index (χ3n) is 2.41. The molecule has 0 fully saturated rings. The molecule has 0 saturated heterocycles. The minimum absolute atomic E-state index is 0.263. The number of rotatable bonds is 3. The number of nitrogens with two attached hydrogens (primary N) is 1. The fourth-order valence-corrected chi connectivity index (χ4v) is 1.48. The maximum Gasteiger partial charge on any atom is 0.263 e. The number of nitrogens with one attached hydrogen (secondary N) is 1. The zero-order valence-corrected chi connectivity index (χ0v) is 9.86. The highest BCUT2D eigenvalue weighted by Gasteiger charge is 2.15. The standard InChI is InChI=1S/C10H9N7O2/c1-18-7-2-6(12-4-13-7)9-15-10(19-17-9)5-3-14-16-8(5)11/h2-4H,1H3,(H3,11,14,16). The van der Waals surface area contributed by atoms with E-state index < -0.39 is 0 Å². The van der Waals surface area contributed by atoms with Crippen molar-refractivity contribution in [2.45, 2.75) is 0 Å². The van der Waals surface area contributed by atoms with Gasteiger partial charge in [-0.3, -0.25) is 5.10 Å². The molecular formula is C10H9N7O2. The van der Waals surface area contributed by atoms with E-state index in [0.29, 0.717) is 28.8 Å². The van der Waals surface area contributed by atoms with Crippen molar-refractivity contribution in [3.05, 3.63) is 18.6 Å². The molecular weight excluding hydrogens is 250 g/mol. The Bertz CT molecular complexity index is 705. The molecule has 19 heavy (non-hydrogen) atoms. The lowest BCUT2D eigenvalue weighted by atomic mass is 10.3. The van der Waals surface area contributed by atoms with Gasteiger partial charge in [-0.2, -0.15) is 10.1 Å². The van der Waals surface area contributed by atoms with Crippen molar-refractivity contribution in [1.82, 2.24) is 30.3 Å². The zero-order chi connectivity index (χ0) is 13.2. The number of nitrogens with zero attached hydrogens (tertiary/aromatic N) is 5. The van der Waals surface area contributed by atoms with Crippen molar-refractivity contribution in [3.8, 4) is 28.9 Å². The molecule has 0 spiro atoms. The predicted molar refractivity (Wildman–Crippen MR) is 63.9 cm³/mol. The Balaban J connectivity index is 1.99. The minimum atomic E-state index is 0.263. The quantitative estimate of drug-likeness (QED) is 0.695. The molecule has 3 aromatic heterocycles. The molecule has 0 amide bonds. The van der Waals surface area contributed by atoms with Gasteiger partial charge in [0.2, 0.25) is 11.7 Å². The van der Waals surface area contributed by atoms with E-state index in [0.717, 1.165) is 0 Å². The van der Waals surface area contributed by atoms with Crippen molar-refractivity contribution < 1.29 is 9.26 Å². The highest BCUT2D eigenvalue weighted by atomic mass is 16.5. The Morgan fingerprint density at radius 1 is 1.37 bits per heavy atom. The lowest BCUT2D eigenvalue weighted by Gasteiger charge is -1.97. The summed E-state index contributed by atoms with van der Waals surface area (Å²) in [6.07, 6.45) is 2.86. The van der Waals surface area contributed by atoms with E-state index in [1.54, 1.807) is 6.07 Å². The maximum absolute atomic E-state index is 5.67. The van der Waals surface area contributed by atoms with Crippen LogP contribution in [0.2, 0.25) is 0 Å². The summed E-state index contributed by atoms with van der Waals surface area (Å²) >= 11 is 0. The smallest absolute Gasteiger partial charge is 0.263 e. The average molecular weight is 259 g/mol. The molecule has 0 unspecified atom stereocenters. The number of nitrogen functional groups attached to an aromatic ring is 1. The van der Waals surface area contributed by atoms with E-state index in [9.17, 15) is 0 Å². The van der Waals surface area contributed by atoms with Gasteiger partial charge in [-0.1, -0.05) is 5.16 Å². The fraction of sp³-hybridized carbons (Fsp3) is 0.100. The summed E-state index contributed by atoms with van der Waals surface area (Å²) in [5, 5.41) is 10.2. The van der Waals surface area contributed by atoms with Gasteiger partial charge in [0, 0.05) is 6.07 Å². The van der Waals surface area contributed by atoms with Crippen molar-refractivity contribution >= 4 is 5.82 Å². The van der Waals surface area contributed by atoms with E-state index in [-0.39, 0.29) is 5.89 Å². The van der Waals surface area contributed by atoms with Gasteiger partial charge in [-0.15, -0.1) is 0 Å². The number of aromatic nitrogens is 6. The van der Waals surface area contributed by atoms with Crippen molar-refractivity contribution in [3.63, 3.8) is 0 Å². The molecule has 0 saturated carbocycles. The topological polar surface area (TPSA) is 129 Å². The van der Waals surface area contributed by atoms with Gasteiger partial charge in [0.05, 0.1) is 13.3 Å².